The SMILES string of the molecule is O=C(O)c1ncncc1Cc1ccccc1. The maximum absolute atomic E-state index is 10.9. The first-order valence-corrected chi connectivity index (χ1v) is 4.83. The summed E-state index contributed by atoms with van der Waals surface area (Å²) < 4.78 is 0. The van der Waals surface area contributed by atoms with Crippen molar-refractivity contribution in [3.8, 4) is 0 Å². The van der Waals surface area contributed by atoms with Gasteiger partial charge in [-0.05, 0) is 5.56 Å². The number of benzene rings is 1. The molecule has 0 unspecified atom stereocenters. The summed E-state index contributed by atoms with van der Waals surface area (Å²) in [6, 6.07) is 9.64. The van der Waals surface area contributed by atoms with Gasteiger partial charge in [-0.25, -0.2) is 14.8 Å². The summed E-state index contributed by atoms with van der Waals surface area (Å²) in [5.41, 5.74) is 1.74. The maximum Gasteiger partial charge on any atom is 0.354 e. The van der Waals surface area contributed by atoms with Crippen LogP contribution in [0.25, 0.3) is 0 Å². The number of carboxylic acid groups (broad SMARTS) is 1. The third-order valence-electron chi connectivity index (χ3n) is 2.23. The third kappa shape index (κ3) is 2.23. The van der Waals surface area contributed by atoms with Crippen molar-refractivity contribution < 1.29 is 9.90 Å². The molecule has 0 atom stereocenters. The van der Waals surface area contributed by atoms with E-state index in [4.69, 9.17) is 5.11 Å². The summed E-state index contributed by atoms with van der Waals surface area (Å²) in [6.07, 6.45) is 3.32. The monoisotopic (exact) mass is 214 g/mol. The van der Waals surface area contributed by atoms with Gasteiger partial charge in [-0.1, -0.05) is 30.3 Å². The zero-order chi connectivity index (χ0) is 11.4. The van der Waals surface area contributed by atoms with Crippen LogP contribution in [-0.4, -0.2) is 21.0 Å². The highest BCUT2D eigenvalue weighted by Crippen LogP contribution is 2.11. The van der Waals surface area contributed by atoms with Gasteiger partial charge < -0.3 is 5.11 Å². The van der Waals surface area contributed by atoms with E-state index in [0.29, 0.717) is 12.0 Å². The lowest BCUT2D eigenvalue weighted by Crippen LogP contribution is -2.06. The average molecular weight is 214 g/mol. The number of nitrogens with zero attached hydrogens (tertiary/aromatic N) is 2. The predicted octanol–water partition coefficient (Wildman–Crippen LogP) is 1.77. The average Bonchev–Trinajstić information content (AvgIpc) is 2.31. The Morgan fingerprint density at radius 3 is 2.69 bits per heavy atom. The molecule has 0 radical (unpaired) electrons. The van der Waals surface area contributed by atoms with Crippen molar-refractivity contribution in [3.63, 3.8) is 0 Å². The van der Waals surface area contributed by atoms with Crippen molar-refractivity contribution in [2.24, 2.45) is 0 Å². The molecule has 0 saturated heterocycles. The van der Waals surface area contributed by atoms with E-state index in [2.05, 4.69) is 9.97 Å². The van der Waals surface area contributed by atoms with Gasteiger partial charge in [-0.3, -0.25) is 0 Å². The number of hydrogen-bond acceptors (Lipinski definition) is 3. The Hall–Kier alpha value is -2.23. The summed E-state index contributed by atoms with van der Waals surface area (Å²) in [6.45, 7) is 0. The van der Waals surface area contributed by atoms with Crippen molar-refractivity contribution in [3.05, 3.63) is 59.7 Å². The van der Waals surface area contributed by atoms with Crippen LogP contribution in [0.15, 0.2) is 42.9 Å². The molecule has 0 aliphatic rings. The molecule has 0 saturated carbocycles. The number of carboxylic acids is 1. The highest BCUT2D eigenvalue weighted by Gasteiger charge is 2.11. The van der Waals surface area contributed by atoms with Crippen LogP contribution in [0.3, 0.4) is 0 Å². The summed E-state index contributed by atoms with van der Waals surface area (Å²) >= 11 is 0. The number of carbonyl (C=O) groups is 1. The van der Waals surface area contributed by atoms with Gasteiger partial charge in [0.1, 0.15) is 6.33 Å². The first-order chi connectivity index (χ1) is 7.77. The highest BCUT2D eigenvalue weighted by molar-refractivity contribution is 5.86. The van der Waals surface area contributed by atoms with Crippen molar-refractivity contribution in [2.75, 3.05) is 0 Å². The van der Waals surface area contributed by atoms with Crippen LogP contribution in [0.1, 0.15) is 21.6 Å². The summed E-state index contributed by atoms with van der Waals surface area (Å²) in [4.78, 5) is 18.5. The molecule has 0 bridgehead atoms. The molecule has 1 heterocycles. The smallest absolute Gasteiger partial charge is 0.354 e. The van der Waals surface area contributed by atoms with E-state index in [1.165, 1.54) is 6.33 Å². The second-order valence-electron chi connectivity index (χ2n) is 3.36. The quantitative estimate of drug-likeness (QED) is 0.845. The fourth-order valence-electron chi connectivity index (χ4n) is 1.50. The van der Waals surface area contributed by atoms with Crippen LogP contribution in [0.2, 0.25) is 0 Å². The van der Waals surface area contributed by atoms with Gasteiger partial charge in [0, 0.05) is 18.2 Å². The van der Waals surface area contributed by atoms with E-state index in [9.17, 15) is 4.79 Å². The minimum Gasteiger partial charge on any atom is -0.477 e. The normalized spacial score (nSPS) is 10.0. The first-order valence-electron chi connectivity index (χ1n) is 4.83. The van der Waals surface area contributed by atoms with Gasteiger partial charge in [-0.2, -0.15) is 0 Å². The summed E-state index contributed by atoms with van der Waals surface area (Å²) in [7, 11) is 0. The van der Waals surface area contributed by atoms with E-state index in [-0.39, 0.29) is 5.69 Å². The Kier molecular flexibility index (Phi) is 2.91. The molecule has 16 heavy (non-hydrogen) atoms. The van der Waals surface area contributed by atoms with Gasteiger partial charge in [0.25, 0.3) is 0 Å². The van der Waals surface area contributed by atoms with E-state index in [1.54, 1.807) is 6.20 Å². The zero-order valence-electron chi connectivity index (χ0n) is 8.50. The second kappa shape index (κ2) is 4.53. The Labute approximate surface area is 92.6 Å². The number of aromatic nitrogens is 2. The van der Waals surface area contributed by atoms with E-state index < -0.39 is 5.97 Å². The minimum atomic E-state index is -1.02. The Bertz CT molecular complexity index is 497. The van der Waals surface area contributed by atoms with Gasteiger partial charge in [-0.15, -0.1) is 0 Å². The second-order valence-corrected chi connectivity index (χ2v) is 3.36. The van der Waals surface area contributed by atoms with Crippen molar-refractivity contribution in [1.82, 2.24) is 9.97 Å². The highest BCUT2D eigenvalue weighted by atomic mass is 16.4. The van der Waals surface area contributed by atoms with Gasteiger partial charge >= 0.3 is 5.97 Å². The zero-order valence-corrected chi connectivity index (χ0v) is 8.50. The van der Waals surface area contributed by atoms with E-state index in [1.807, 2.05) is 30.3 Å². The molecule has 0 fully saturated rings. The molecular weight excluding hydrogens is 204 g/mol. The topological polar surface area (TPSA) is 63.1 Å². The molecule has 2 aromatic rings. The fourth-order valence-corrected chi connectivity index (χ4v) is 1.50. The number of aromatic carboxylic acids is 1. The van der Waals surface area contributed by atoms with Gasteiger partial charge in [0.15, 0.2) is 5.69 Å². The third-order valence-corrected chi connectivity index (χ3v) is 2.23. The van der Waals surface area contributed by atoms with Crippen LogP contribution in [0.5, 0.6) is 0 Å². The van der Waals surface area contributed by atoms with Crippen molar-refractivity contribution >= 4 is 5.97 Å². The molecule has 1 N–H and O–H groups in total. The molecular formula is C12H10N2O2. The molecule has 0 amide bonds. The fraction of sp³-hybridized carbons (Fsp3) is 0.0833. The lowest BCUT2D eigenvalue weighted by Gasteiger charge is -2.03. The molecule has 80 valence electrons. The molecule has 0 spiro atoms. The van der Waals surface area contributed by atoms with Crippen LogP contribution < -0.4 is 0 Å². The molecule has 4 nitrogen and oxygen atoms in total. The largest absolute Gasteiger partial charge is 0.477 e. The molecule has 0 aliphatic heterocycles. The molecule has 1 aromatic heterocycles. The summed E-state index contributed by atoms with van der Waals surface area (Å²) in [5.74, 6) is -1.02. The molecule has 4 heteroatoms. The first kappa shape index (κ1) is 10.3. The van der Waals surface area contributed by atoms with Crippen LogP contribution in [-0.2, 0) is 6.42 Å². The number of hydrogen-bond donors (Lipinski definition) is 1. The van der Waals surface area contributed by atoms with Gasteiger partial charge in [0.2, 0.25) is 0 Å². The summed E-state index contributed by atoms with van der Waals surface area (Å²) in [5, 5.41) is 8.95. The van der Waals surface area contributed by atoms with Crippen LogP contribution >= 0.6 is 0 Å². The molecule has 2 rings (SSSR count). The van der Waals surface area contributed by atoms with Crippen LogP contribution in [0.4, 0.5) is 0 Å². The van der Waals surface area contributed by atoms with Crippen LogP contribution in [0, 0.1) is 0 Å². The van der Waals surface area contributed by atoms with Gasteiger partial charge in [0.05, 0.1) is 0 Å². The van der Waals surface area contributed by atoms with Crippen molar-refractivity contribution in [2.45, 2.75) is 6.42 Å². The standard InChI is InChI=1S/C12H10N2O2/c15-12(16)11-10(7-13-8-14-11)6-9-4-2-1-3-5-9/h1-5,7-8H,6H2,(H,15,16). The Morgan fingerprint density at radius 1 is 1.25 bits per heavy atom. The Balaban J connectivity index is 2.31. The number of rotatable bonds is 3. The van der Waals surface area contributed by atoms with E-state index >= 15 is 0 Å². The van der Waals surface area contributed by atoms with E-state index in [0.717, 1.165) is 5.56 Å². The minimum absolute atomic E-state index is 0.0684. The predicted molar refractivity (Wildman–Crippen MR) is 58.2 cm³/mol. The Morgan fingerprint density at radius 2 is 2.00 bits per heavy atom. The molecule has 0 aliphatic carbocycles. The lowest BCUT2D eigenvalue weighted by atomic mass is 10.1. The molecule has 1 aromatic carbocycles. The maximum atomic E-state index is 10.9. The van der Waals surface area contributed by atoms with Crippen molar-refractivity contribution in [1.29, 1.82) is 0 Å². The lowest BCUT2D eigenvalue weighted by molar-refractivity contribution is 0.0689.